The molecule has 21 heavy (non-hydrogen) atoms. The number of likely N-dealkylation sites (tertiary alicyclic amines) is 1. The summed E-state index contributed by atoms with van der Waals surface area (Å²) in [4.78, 5) is 17.9. The Labute approximate surface area is 149 Å². The second-order valence-electron chi connectivity index (χ2n) is 4.81. The van der Waals surface area contributed by atoms with Crippen LogP contribution in [0.4, 0.5) is 5.82 Å². The third kappa shape index (κ3) is 2.62. The summed E-state index contributed by atoms with van der Waals surface area (Å²) in [5, 5.41) is 5.68. The first-order valence-electron chi connectivity index (χ1n) is 6.46. The fourth-order valence-corrected chi connectivity index (χ4v) is 3.84. The minimum absolute atomic E-state index is 0.0139. The maximum atomic E-state index is 11.7. The average Bonchev–Trinajstić information content (AvgIpc) is 3.11. The highest BCUT2D eigenvalue weighted by Crippen LogP contribution is 2.31. The van der Waals surface area contributed by atoms with E-state index in [2.05, 4.69) is 65.6 Å². The van der Waals surface area contributed by atoms with Crippen molar-refractivity contribution >= 4 is 68.1 Å². The highest BCUT2D eigenvalue weighted by atomic mass is 127. The summed E-state index contributed by atoms with van der Waals surface area (Å²) in [5.74, 6) is 0.806. The van der Waals surface area contributed by atoms with Crippen LogP contribution in [0.5, 0.6) is 0 Å². The predicted molar refractivity (Wildman–Crippen MR) is 98.3 cm³/mol. The van der Waals surface area contributed by atoms with E-state index < -0.39 is 0 Å². The normalized spacial score (nSPS) is 18.2. The smallest absolute Gasteiger partial charge is 0.246 e. The zero-order valence-electron chi connectivity index (χ0n) is 11.1. The molecule has 2 aromatic heterocycles. The van der Waals surface area contributed by atoms with Crippen LogP contribution in [0.25, 0.3) is 10.9 Å². The van der Waals surface area contributed by atoms with E-state index in [4.69, 9.17) is 0 Å². The summed E-state index contributed by atoms with van der Waals surface area (Å²) in [6.45, 7) is 4.97. The van der Waals surface area contributed by atoms with Gasteiger partial charge in [-0.1, -0.05) is 6.58 Å². The van der Waals surface area contributed by atoms with Gasteiger partial charge in [-0.05, 0) is 41.2 Å². The van der Waals surface area contributed by atoms with Crippen LogP contribution in [-0.4, -0.2) is 38.7 Å². The summed E-state index contributed by atoms with van der Waals surface area (Å²) in [6, 6.07) is 2.17. The number of aromatic nitrogens is 3. The van der Waals surface area contributed by atoms with E-state index in [0.717, 1.165) is 33.4 Å². The van der Waals surface area contributed by atoms with Crippen LogP contribution >= 0.6 is 45.5 Å². The van der Waals surface area contributed by atoms with Gasteiger partial charge in [0.2, 0.25) is 5.91 Å². The maximum absolute atomic E-state index is 11.7. The van der Waals surface area contributed by atoms with E-state index in [0.29, 0.717) is 6.54 Å². The molecule has 0 bridgehead atoms. The molecule has 0 radical (unpaired) electrons. The van der Waals surface area contributed by atoms with E-state index in [9.17, 15) is 4.79 Å². The van der Waals surface area contributed by atoms with E-state index in [1.54, 1.807) is 6.20 Å². The molecule has 0 aromatic carbocycles. The zero-order chi connectivity index (χ0) is 15.0. The molecule has 1 atom stereocenters. The molecule has 110 valence electrons. The lowest BCUT2D eigenvalue weighted by Crippen LogP contribution is -2.27. The molecule has 1 saturated heterocycles. The van der Waals surface area contributed by atoms with Gasteiger partial charge < -0.3 is 8.43 Å². The molecule has 0 spiro atoms. The van der Waals surface area contributed by atoms with Crippen LogP contribution in [0.3, 0.4) is 0 Å². The summed E-state index contributed by atoms with van der Waals surface area (Å²) in [6.07, 6.45) is 4.05. The van der Waals surface area contributed by atoms with Crippen LogP contribution in [0, 0.1) is 3.70 Å². The van der Waals surface area contributed by atoms with Gasteiger partial charge in [0.1, 0.15) is 9.52 Å². The lowest BCUT2D eigenvalue weighted by Gasteiger charge is -2.15. The van der Waals surface area contributed by atoms with Crippen LogP contribution < -0.4 is 3.53 Å². The summed E-state index contributed by atoms with van der Waals surface area (Å²) >= 11 is 4.30. The maximum Gasteiger partial charge on any atom is 0.246 e. The fourth-order valence-electron chi connectivity index (χ4n) is 2.67. The van der Waals surface area contributed by atoms with Gasteiger partial charge in [-0.2, -0.15) is 5.10 Å². The Morgan fingerprint density at radius 2 is 2.38 bits per heavy atom. The third-order valence-corrected chi connectivity index (χ3v) is 4.93. The molecule has 0 unspecified atom stereocenters. The quantitative estimate of drug-likeness (QED) is 0.393. The number of amides is 1. The highest BCUT2D eigenvalue weighted by Gasteiger charge is 2.28. The minimum atomic E-state index is -0.0139. The van der Waals surface area contributed by atoms with Crippen LogP contribution in [0.1, 0.15) is 12.5 Å². The van der Waals surface area contributed by atoms with E-state index >= 15 is 0 Å². The number of nitrogens with one attached hydrogen (secondary N) is 1. The number of carbonyl (C=O) groups is 1. The van der Waals surface area contributed by atoms with Gasteiger partial charge in [0.25, 0.3) is 0 Å². The van der Waals surface area contributed by atoms with Crippen molar-refractivity contribution in [3.63, 3.8) is 0 Å². The molecule has 3 heterocycles. The number of hydrogen-bond acceptors (Lipinski definition) is 4. The Hall–Kier alpha value is -0.910. The Balaban J connectivity index is 1.99. The van der Waals surface area contributed by atoms with E-state index in [-0.39, 0.29) is 11.9 Å². The largest absolute Gasteiger partial charge is 0.337 e. The Bertz CT molecular complexity index is 714. The second-order valence-corrected chi connectivity index (χ2v) is 6.38. The van der Waals surface area contributed by atoms with Crippen molar-refractivity contribution in [3.05, 3.63) is 28.6 Å². The molecule has 1 N–H and O–H groups in total. The molecular weight excluding hydrogens is 496 g/mol. The van der Waals surface area contributed by atoms with Crippen molar-refractivity contribution in [2.75, 3.05) is 16.6 Å². The molecule has 0 aliphatic carbocycles. The number of fused-ring (bicyclic) bond motifs is 1. The van der Waals surface area contributed by atoms with Crippen molar-refractivity contribution in [1.82, 2.24) is 19.7 Å². The van der Waals surface area contributed by atoms with E-state index in [1.807, 2.05) is 15.6 Å². The number of halogens is 2. The molecule has 8 heteroatoms. The molecule has 1 aliphatic rings. The molecular formula is C13H13I2N5O. The van der Waals surface area contributed by atoms with Gasteiger partial charge in [-0.15, -0.1) is 0 Å². The average molecular weight is 509 g/mol. The van der Waals surface area contributed by atoms with Crippen molar-refractivity contribution in [3.8, 4) is 0 Å². The first-order chi connectivity index (χ1) is 10.2. The van der Waals surface area contributed by atoms with E-state index in [1.165, 1.54) is 6.08 Å². The summed E-state index contributed by atoms with van der Waals surface area (Å²) < 4.78 is 6.01. The number of nitrogens with zero attached hydrogens (tertiary/aromatic N) is 4. The monoisotopic (exact) mass is 509 g/mol. The van der Waals surface area contributed by atoms with Crippen molar-refractivity contribution in [2.45, 2.75) is 12.5 Å². The number of hydrogen-bond donors (Lipinski definition) is 1. The second kappa shape index (κ2) is 6.07. The van der Waals surface area contributed by atoms with Gasteiger partial charge in [0.15, 0.2) is 0 Å². The lowest BCUT2D eigenvalue weighted by molar-refractivity contribution is -0.125. The standard InChI is InChI=1S/C13H13I2N5O/c1-2-10(21)19-6-4-8(7-19)20-9-3-5-16-13(17-15)11(9)12(14)18-20/h2-3,5,8H,1,4,6-7H2,(H,16,17)/t8-/m0/s1. The molecule has 3 rings (SSSR count). The van der Waals surface area contributed by atoms with Gasteiger partial charge >= 0.3 is 0 Å². The molecule has 0 saturated carbocycles. The molecule has 1 aliphatic heterocycles. The molecule has 6 nitrogen and oxygen atoms in total. The van der Waals surface area contributed by atoms with Crippen LogP contribution in [-0.2, 0) is 4.79 Å². The predicted octanol–water partition coefficient (Wildman–Crippen LogP) is 2.76. The lowest BCUT2D eigenvalue weighted by atomic mass is 10.2. The first-order valence-corrected chi connectivity index (χ1v) is 8.62. The van der Waals surface area contributed by atoms with Crippen molar-refractivity contribution < 1.29 is 4.79 Å². The SMILES string of the molecule is C=CC(=O)N1CC[C@H](n2nc(I)c3c(NI)nccc32)C1. The number of anilines is 1. The van der Waals surface area contributed by atoms with Crippen LogP contribution in [0.2, 0.25) is 0 Å². The van der Waals surface area contributed by atoms with Gasteiger partial charge in [0.05, 0.1) is 39.8 Å². The topological polar surface area (TPSA) is 63.1 Å². The summed E-state index contributed by atoms with van der Waals surface area (Å²) in [5.41, 5.74) is 1.05. The van der Waals surface area contributed by atoms with Crippen molar-refractivity contribution in [1.29, 1.82) is 0 Å². The molecule has 1 amide bonds. The summed E-state index contributed by atoms with van der Waals surface area (Å²) in [7, 11) is 0. The Morgan fingerprint density at radius 1 is 1.57 bits per heavy atom. The fraction of sp³-hybridized carbons (Fsp3) is 0.308. The first kappa shape index (κ1) is 15.0. The van der Waals surface area contributed by atoms with Gasteiger partial charge in [0, 0.05) is 19.3 Å². The molecule has 1 fully saturated rings. The minimum Gasteiger partial charge on any atom is -0.337 e. The zero-order valence-corrected chi connectivity index (χ0v) is 15.4. The van der Waals surface area contributed by atoms with Gasteiger partial charge in [-0.25, -0.2) is 4.98 Å². The Morgan fingerprint density at radius 3 is 3.10 bits per heavy atom. The van der Waals surface area contributed by atoms with Gasteiger partial charge in [-0.3, -0.25) is 9.48 Å². The number of pyridine rings is 1. The van der Waals surface area contributed by atoms with Crippen molar-refractivity contribution in [2.24, 2.45) is 0 Å². The Kier molecular flexibility index (Phi) is 4.33. The molecule has 2 aromatic rings. The number of carbonyl (C=O) groups excluding carboxylic acids is 1. The third-order valence-electron chi connectivity index (χ3n) is 3.66. The highest BCUT2D eigenvalue weighted by molar-refractivity contribution is 14.1. The van der Waals surface area contributed by atoms with Crippen LogP contribution in [0.15, 0.2) is 24.9 Å². The number of rotatable bonds is 3.